The summed E-state index contributed by atoms with van der Waals surface area (Å²) in [6, 6.07) is 14.8. The van der Waals surface area contributed by atoms with E-state index in [0.29, 0.717) is 17.8 Å². The van der Waals surface area contributed by atoms with Crippen LogP contribution < -0.4 is 9.62 Å². The molecule has 0 radical (unpaired) electrons. The number of sulfonamides is 1. The van der Waals surface area contributed by atoms with Crippen LogP contribution in [-0.2, 0) is 15.8 Å². The van der Waals surface area contributed by atoms with Gasteiger partial charge in [0.15, 0.2) is 0 Å². The predicted octanol–water partition coefficient (Wildman–Crippen LogP) is 3.05. The van der Waals surface area contributed by atoms with E-state index < -0.39 is 10.0 Å². The van der Waals surface area contributed by atoms with Crippen molar-refractivity contribution in [2.45, 2.75) is 12.7 Å². The highest BCUT2D eigenvalue weighted by Crippen LogP contribution is 2.17. The molecule has 1 N–H and O–H groups in total. The summed E-state index contributed by atoms with van der Waals surface area (Å²) in [6.45, 7) is 2.68. The Balaban J connectivity index is 1.78. The third kappa shape index (κ3) is 5.78. The van der Waals surface area contributed by atoms with Crippen molar-refractivity contribution < 1.29 is 13.2 Å². The highest BCUT2D eigenvalue weighted by molar-refractivity contribution is 7.98. The Bertz CT molecular complexity index is 849. The molecule has 2 aromatic carbocycles. The van der Waals surface area contributed by atoms with E-state index in [4.69, 9.17) is 0 Å². The summed E-state index contributed by atoms with van der Waals surface area (Å²) in [5, 5.41) is 2.89. The predicted molar refractivity (Wildman–Crippen MR) is 109 cm³/mol. The van der Waals surface area contributed by atoms with Crippen LogP contribution in [0.5, 0.6) is 0 Å². The van der Waals surface area contributed by atoms with E-state index in [-0.39, 0.29) is 5.91 Å². The van der Waals surface area contributed by atoms with Crippen molar-refractivity contribution in [3.63, 3.8) is 0 Å². The van der Waals surface area contributed by atoms with Crippen molar-refractivity contribution in [3.05, 3.63) is 65.2 Å². The molecular weight excluding hydrogens is 368 g/mol. The lowest BCUT2D eigenvalue weighted by molar-refractivity contribution is 0.0956. The van der Waals surface area contributed by atoms with Gasteiger partial charge in [0.05, 0.1) is 11.9 Å². The molecule has 26 heavy (non-hydrogen) atoms. The number of rotatable bonds is 8. The number of hydrogen-bond donors (Lipinski definition) is 1. The number of carbonyl (C=O) groups excluding carboxylic acids is 1. The van der Waals surface area contributed by atoms with Gasteiger partial charge in [0, 0.05) is 30.7 Å². The average Bonchev–Trinajstić information content (AvgIpc) is 2.61. The monoisotopic (exact) mass is 392 g/mol. The standard InChI is InChI=1S/C19H24N2O3S2/c1-15-6-4-5-7-17(15)14-25-13-12-20-19(22)16-8-10-18(11-9-16)21(2)26(3,23)24/h4-11H,12-14H2,1-3H3,(H,20,22). The van der Waals surface area contributed by atoms with Crippen LogP contribution in [0.4, 0.5) is 5.69 Å². The Hall–Kier alpha value is -1.99. The highest BCUT2D eigenvalue weighted by Gasteiger charge is 2.12. The molecule has 0 saturated carbocycles. The SMILES string of the molecule is Cc1ccccc1CSCCNC(=O)c1ccc(N(C)S(C)(=O)=O)cc1. The first-order chi connectivity index (χ1) is 12.3. The lowest BCUT2D eigenvalue weighted by atomic mass is 10.1. The van der Waals surface area contributed by atoms with Gasteiger partial charge in [-0.15, -0.1) is 0 Å². The molecule has 1 amide bonds. The number of carbonyl (C=O) groups is 1. The minimum Gasteiger partial charge on any atom is -0.351 e. The van der Waals surface area contributed by atoms with Crippen molar-refractivity contribution in [3.8, 4) is 0 Å². The van der Waals surface area contributed by atoms with Crippen LogP contribution in [0.25, 0.3) is 0 Å². The van der Waals surface area contributed by atoms with Gasteiger partial charge in [0.2, 0.25) is 10.0 Å². The first-order valence-electron chi connectivity index (χ1n) is 8.23. The summed E-state index contributed by atoms with van der Waals surface area (Å²) in [4.78, 5) is 12.2. The number of amides is 1. The average molecular weight is 393 g/mol. The van der Waals surface area contributed by atoms with Crippen molar-refractivity contribution in [1.82, 2.24) is 5.32 Å². The van der Waals surface area contributed by atoms with Crippen LogP contribution in [0.15, 0.2) is 48.5 Å². The lowest BCUT2D eigenvalue weighted by Gasteiger charge is -2.16. The van der Waals surface area contributed by atoms with Crippen molar-refractivity contribution >= 4 is 33.4 Å². The van der Waals surface area contributed by atoms with Crippen LogP contribution in [-0.4, -0.2) is 39.9 Å². The van der Waals surface area contributed by atoms with Crippen LogP contribution in [0.2, 0.25) is 0 Å². The van der Waals surface area contributed by atoms with Gasteiger partial charge in [-0.1, -0.05) is 24.3 Å². The summed E-state index contributed by atoms with van der Waals surface area (Å²) in [6.07, 6.45) is 1.14. The molecule has 0 heterocycles. The number of benzene rings is 2. The molecule has 0 aliphatic carbocycles. The number of hydrogen-bond acceptors (Lipinski definition) is 4. The van der Waals surface area contributed by atoms with E-state index in [1.807, 2.05) is 12.1 Å². The molecule has 5 nitrogen and oxygen atoms in total. The molecule has 0 fully saturated rings. The Kier molecular flexibility index (Phi) is 7.11. The molecule has 7 heteroatoms. The molecule has 0 atom stereocenters. The largest absolute Gasteiger partial charge is 0.351 e. The maximum atomic E-state index is 12.2. The fraction of sp³-hybridized carbons (Fsp3) is 0.316. The fourth-order valence-corrected chi connectivity index (χ4v) is 3.75. The van der Waals surface area contributed by atoms with Gasteiger partial charge >= 0.3 is 0 Å². The molecular formula is C19H24N2O3S2. The van der Waals surface area contributed by atoms with Crippen molar-refractivity contribution in [2.75, 3.05) is 29.9 Å². The van der Waals surface area contributed by atoms with E-state index in [1.54, 1.807) is 36.0 Å². The second-order valence-electron chi connectivity index (χ2n) is 6.01. The van der Waals surface area contributed by atoms with Crippen molar-refractivity contribution in [2.24, 2.45) is 0 Å². The van der Waals surface area contributed by atoms with Gasteiger partial charge in [0.1, 0.15) is 0 Å². The Labute approximate surface area is 159 Å². The van der Waals surface area contributed by atoms with E-state index in [9.17, 15) is 13.2 Å². The molecule has 140 valence electrons. The van der Waals surface area contributed by atoms with Gasteiger partial charge in [0.25, 0.3) is 5.91 Å². The molecule has 0 spiro atoms. The lowest BCUT2D eigenvalue weighted by Crippen LogP contribution is -2.26. The summed E-state index contributed by atoms with van der Waals surface area (Å²) in [5.74, 6) is 1.60. The maximum Gasteiger partial charge on any atom is 0.251 e. The quantitative estimate of drug-likeness (QED) is 0.701. The van der Waals surface area contributed by atoms with Crippen LogP contribution >= 0.6 is 11.8 Å². The molecule has 0 saturated heterocycles. The molecule has 2 aromatic rings. The van der Waals surface area contributed by atoms with Crippen LogP contribution in [0.1, 0.15) is 21.5 Å². The number of aryl methyl sites for hydroxylation is 1. The number of nitrogens with one attached hydrogen (secondary N) is 1. The van der Waals surface area contributed by atoms with E-state index in [0.717, 1.165) is 17.8 Å². The summed E-state index contributed by atoms with van der Waals surface area (Å²) in [5.41, 5.74) is 3.63. The van der Waals surface area contributed by atoms with Crippen LogP contribution in [0.3, 0.4) is 0 Å². The van der Waals surface area contributed by atoms with Gasteiger partial charge < -0.3 is 5.32 Å². The van der Waals surface area contributed by atoms with E-state index >= 15 is 0 Å². The maximum absolute atomic E-state index is 12.2. The van der Waals surface area contributed by atoms with Crippen LogP contribution in [0, 0.1) is 6.92 Å². The minimum atomic E-state index is -3.31. The zero-order valence-corrected chi connectivity index (χ0v) is 16.9. The third-order valence-corrected chi connectivity index (χ3v) is 6.26. The highest BCUT2D eigenvalue weighted by atomic mass is 32.2. The molecule has 0 aliphatic rings. The topological polar surface area (TPSA) is 66.5 Å². The first kappa shape index (κ1) is 20.3. The molecule has 0 unspecified atom stereocenters. The molecule has 2 rings (SSSR count). The Morgan fingerprint density at radius 3 is 2.38 bits per heavy atom. The summed E-state index contributed by atoms with van der Waals surface area (Å²) < 4.78 is 24.2. The van der Waals surface area contributed by atoms with Gasteiger partial charge in [-0.2, -0.15) is 11.8 Å². The normalized spacial score (nSPS) is 11.2. The molecule has 0 aliphatic heterocycles. The second-order valence-corrected chi connectivity index (χ2v) is 9.13. The first-order valence-corrected chi connectivity index (χ1v) is 11.2. The van der Waals surface area contributed by atoms with E-state index in [2.05, 4.69) is 24.4 Å². The number of nitrogens with zero attached hydrogens (tertiary/aromatic N) is 1. The smallest absolute Gasteiger partial charge is 0.251 e. The third-order valence-electron chi connectivity index (χ3n) is 4.04. The zero-order chi connectivity index (χ0) is 19.2. The summed E-state index contributed by atoms with van der Waals surface area (Å²) >= 11 is 1.78. The summed E-state index contributed by atoms with van der Waals surface area (Å²) in [7, 11) is -1.82. The minimum absolute atomic E-state index is 0.157. The zero-order valence-electron chi connectivity index (χ0n) is 15.2. The van der Waals surface area contributed by atoms with Gasteiger partial charge in [-0.25, -0.2) is 8.42 Å². The molecule has 0 aromatic heterocycles. The van der Waals surface area contributed by atoms with Gasteiger partial charge in [-0.3, -0.25) is 9.10 Å². The van der Waals surface area contributed by atoms with Crippen molar-refractivity contribution in [1.29, 1.82) is 0 Å². The Morgan fingerprint density at radius 2 is 1.77 bits per heavy atom. The fourth-order valence-electron chi connectivity index (χ4n) is 2.31. The number of thioether (sulfide) groups is 1. The Morgan fingerprint density at radius 1 is 1.12 bits per heavy atom. The van der Waals surface area contributed by atoms with E-state index in [1.165, 1.54) is 22.5 Å². The molecule has 0 bridgehead atoms. The second kappa shape index (κ2) is 9.09. The number of anilines is 1. The van der Waals surface area contributed by atoms with Gasteiger partial charge in [-0.05, 0) is 42.3 Å².